The summed E-state index contributed by atoms with van der Waals surface area (Å²) in [7, 11) is 0. The van der Waals surface area contributed by atoms with Gasteiger partial charge in [-0.15, -0.1) is 11.6 Å². The molecule has 17 heavy (non-hydrogen) atoms. The summed E-state index contributed by atoms with van der Waals surface area (Å²) in [6.45, 7) is 0. The molecule has 3 heteroatoms. The van der Waals surface area contributed by atoms with E-state index in [1.807, 2.05) is 24.3 Å². The molecule has 1 nitrogen and oxygen atoms in total. The lowest BCUT2D eigenvalue weighted by Gasteiger charge is -2.50. The van der Waals surface area contributed by atoms with Crippen LogP contribution < -0.4 is 4.74 Å². The van der Waals surface area contributed by atoms with Crippen LogP contribution >= 0.6 is 27.5 Å². The molecular formula is C14H16BrClO. The van der Waals surface area contributed by atoms with Crippen molar-refractivity contribution >= 4 is 27.5 Å². The summed E-state index contributed by atoms with van der Waals surface area (Å²) >= 11 is 9.85. The minimum absolute atomic E-state index is 0.272. The Labute approximate surface area is 116 Å². The third-order valence-corrected chi connectivity index (χ3v) is 5.45. The fourth-order valence-corrected chi connectivity index (χ4v) is 3.99. The summed E-state index contributed by atoms with van der Waals surface area (Å²) in [6, 6.07) is 8.09. The molecule has 2 atom stereocenters. The molecule has 0 N–H and O–H groups in total. The topological polar surface area (TPSA) is 9.23 Å². The van der Waals surface area contributed by atoms with Crippen molar-refractivity contribution in [2.75, 3.05) is 0 Å². The number of ether oxygens (including phenoxy) is 1. The SMILES string of the molecule is ClC1CC(Oc2ccc(Br)cc2)C12CCCC2. The third-order valence-electron chi connectivity index (χ3n) is 4.31. The maximum Gasteiger partial charge on any atom is 0.119 e. The van der Waals surface area contributed by atoms with Gasteiger partial charge in [-0.25, -0.2) is 0 Å². The first kappa shape index (κ1) is 11.9. The van der Waals surface area contributed by atoms with E-state index in [4.69, 9.17) is 16.3 Å². The number of benzene rings is 1. The molecule has 2 saturated carbocycles. The Balaban J connectivity index is 1.72. The summed E-state index contributed by atoms with van der Waals surface area (Å²) in [6.07, 6.45) is 6.42. The molecule has 3 rings (SSSR count). The highest BCUT2D eigenvalue weighted by Crippen LogP contribution is 2.57. The van der Waals surface area contributed by atoms with Gasteiger partial charge in [0.25, 0.3) is 0 Å². The van der Waals surface area contributed by atoms with E-state index >= 15 is 0 Å². The Morgan fingerprint density at radius 1 is 1.18 bits per heavy atom. The standard InChI is InChI=1S/C14H16BrClO/c15-10-3-5-11(6-4-10)17-13-9-12(16)14(13)7-1-2-8-14/h3-6,12-13H,1-2,7-9H2. The lowest BCUT2D eigenvalue weighted by molar-refractivity contribution is -0.0355. The van der Waals surface area contributed by atoms with Gasteiger partial charge in [-0.05, 0) is 37.1 Å². The average molecular weight is 316 g/mol. The highest BCUT2D eigenvalue weighted by molar-refractivity contribution is 9.10. The predicted molar refractivity (Wildman–Crippen MR) is 73.7 cm³/mol. The highest BCUT2D eigenvalue weighted by atomic mass is 79.9. The fraction of sp³-hybridized carbons (Fsp3) is 0.571. The van der Waals surface area contributed by atoms with Crippen LogP contribution in [0.3, 0.4) is 0 Å². The minimum Gasteiger partial charge on any atom is -0.490 e. The van der Waals surface area contributed by atoms with Crippen LogP contribution in [0.4, 0.5) is 0 Å². The lowest BCUT2D eigenvalue weighted by Crippen LogP contribution is -2.55. The van der Waals surface area contributed by atoms with Gasteiger partial charge in [0.1, 0.15) is 11.9 Å². The number of halogens is 2. The second-order valence-corrected chi connectivity index (χ2v) is 6.65. The first-order valence-electron chi connectivity index (χ1n) is 6.27. The minimum atomic E-state index is 0.272. The van der Waals surface area contributed by atoms with Gasteiger partial charge in [-0.3, -0.25) is 0 Å². The fourth-order valence-electron chi connectivity index (χ4n) is 3.21. The smallest absolute Gasteiger partial charge is 0.119 e. The molecule has 0 saturated heterocycles. The Morgan fingerprint density at radius 3 is 2.41 bits per heavy atom. The first-order valence-corrected chi connectivity index (χ1v) is 7.50. The van der Waals surface area contributed by atoms with Crippen molar-refractivity contribution in [2.45, 2.75) is 43.6 Å². The molecule has 0 radical (unpaired) electrons. The molecule has 0 aliphatic heterocycles. The number of hydrogen-bond acceptors (Lipinski definition) is 1. The second-order valence-electron chi connectivity index (χ2n) is 5.20. The van der Waals surface area contributed by atoms with Crippen LogP contribution in [-0.4, -0.2) is 11.5 Å². The molecule has 0 bridgehead atoms. The Morgan fingerprint density at radius 2 is 1.82 bits per heavy atom. The van der Waals surface area contributed by atoms with Crippen LogP contribution in [0.2, 0.25) is 0 Å². The summed E-state index contributed by atoms with van der Waals surface area (Å²) in [5, 5.41) is 0.324. The molecule has 92 valence electrons. The van der Waals surface area contributed by atoms with Crippen LogP contribution in [0.15, 0.2) is 28.7 Å². The van der Waals surface area contributed by atoms with Gasteiger partial charge in [0.05, 0.1) is 0 Å². The number of rotatable bonds is 2. The predicted octanol–water partition coefficient (Wildman–Crippen LogP) is 4.77. The Bertz CT molecular complexity index is 397. The maximum absolute atomic E-state index is 6.41. The number of alkyl halides is 1. The molecule has 1 aromatic carbocycles. The molecule has 2 aliphatic carbocycles. The first-order chi connectivity index (χ1) is 8.21. The molecule has 0 heterocycles. The van der Waals surface area contributed by atoms with Crippen LogP contribution in [0.5, 0.6) is 5.75 Å². The van der Waals surface area contributed by atoms with Gasteiger partial charge in [0, 0.05) is 21.7 Å². The lowest BCUT2D eigenvalue weighted by atomic mass is 9.64. The van der Waals surface area contributed by atoms with Gasteiger partial charge in [0.15, 0.2) is 0 Å². The van der Waals surface area contributed by atoms with Crippen molar-refractivity contribution in [2.24, 2.45) is 5.41 Å². The third kappa shape index (κ3) is 2.00. The zero-order valence-electron chi connectivity index (χ0n) is 9.66. The zero-order valence-corrected chi connectivity index (χ0v) is 12.0. The van der Waals surface area contributed by atoms with E-state index in [2.05, 4.69) is 15.9 Å². The quantitative estimate of drug-likeness (QED) is 0.714. The van der Waals surface area contributed by atoms with E-state index in [9.17, 15) is 0 Å². The van der Waals surface area contributed by atoms with Gasteiger partial charge >= 0.3 is 0 Å². The van der Waals surface area contributed by atoms with Crippen molar-refractivity contribution in [3.63, 3.8) is 0 Å². The number of hydrogen-bond donors (Lipinski definition) is 0. The van der Waals surface area contributed by atoms with Crippen LogP contribution in [0, 0.1) is 5.41 Å². The molecule has 2 fully saturated rings. The van der Waals surface area contributed by atoms with Crippen molar-refractivity contribution < 1.29 is 4.74 Å². The summed E-state index contributed by atoms with van der Waals surface area (Å²) in [4.78, 5) is 0. The van der Waals surface area contributed by atoms with Gasteiger partial charge in [0.2, 0.25) is 0 Å². The van der Waals surface area contributed by atoms with Crippen LogP contribution in [0.25, 0.3) is 0 Å². The summed E-state index contributed by atoms with van der Waals surface area (Å²) in [5.41, 5.74) is 0.272. The monoisotopic (exact) mass is 314 g/mol. The van der Waals surface area contributed by atoms with Crippen LogP contribution in [-0.2, 0) is 0 Å². The van der Waals surface area contributed by atoms with E-state index in [0.717, 1.165) is 16.6 Å². The van der Waals surface area contributed by atoms with Gasteiger partial charge < -0.3 is 4.74 Å². The van der Waals surface area contributed by atoms with E-state index in [1.165, 1.54) is 25.7 Å². The summed E-state index contributed by atoms with van der Waals surface area (Å²) < 4.78 is 7.20. The highest BCUT2D eigenvalue weighted by Gasteiger charge is 2.56. The van der Waals surface area contributed by atoms with Crippen molar-refractivity contribution in [1.29, 1.82) is 0 Å². The van der Waals surface area contributed by atoms with Crippen LogP contribution in [0.1, 0.15) is 32.1 Å². The zero-order chi connectivity index (χ0) is 11.9. The van der Waals surface area contributed by atoms with E-state index < -0.39 is 0 Å². The molecular weight excluding hydrogens is 300 g/mol. The molecule has 2 unspecified atom stereocenters. The largest absolute Gasteiger partial charge is 0.490 e. The van der Waals surface area contributed by atoms with Gasteiger partial charge in [-0.1, -0.05) is 28.8 Å². The Kier molecular flexibility index (Phi) is 3.12. The second kappa shape index (κ2) is 4.47. The maximum atomic E-state index is 6.41. The average Bonchev–Trinajstić information content (AvgIpc) is 2.83. The summed E-state index contributed by atoms with van der Waals surface area (Å²) in [5.74, 6) is 0.966. The van der Waals surface area contributed by atoms with E-state index in [1.54, 1.807) is 0 Å². The Hall–Kier alpha value is -0.210. The van der Waals surface area contributed by atoms with Crippen molar-refractivity contribution in [3.05, 3.63) is 28.7 Å². The molecule has 0 amide bonds. The van der Waals surface area contributed by atoms with Crippen molar-refractivity contribution in [1.82, 2.24) is 0 Å². The van der Waals surface area contributed by atoms with Gasteiger partial charge in [-0.2, -0.15) is 0 Å². The van der Waals surface area contributed by atoms with Crippen molar-refractivity contribution in [3.8, 4) is 5.75 Å². The molecule has 1 aromatic rings. The van der Waals surface area contributed by atoms with E-state index in [0.29, 0.717) is 11.5 Å². The molecule has 0 aromatic heterocycles. The van der Waals surface area contributed by atoms with E-state index in [-0.39, 0.29) is 5.41 Å². The molecule has 1 spiro atoms. The molecule has 2 aliphatic rings. The normalized spacial score (nSPS) is 30.2.